The minimum absolute atomic E-state index is 0.0141. The number of nitrogens with zero attached hydrogens (tertiary/aromatic N) is 1. The maximum atomic E-state index is 12.7. The summed E-state index contributed by atoms with van der Waals surface area (Å²) < 4.78 is 12.1. The molecule has 0 heterocycles. The van der Waals surface area contributed by atoms with Crippen LogP contribution in [0, 0.1) is 0 Å². The van der Waals surface area contributed by atoms with Gasteiger partial charge < -0.3 is 9.47 Å². The summed E-state index contributed by atoms with van der Waals surface area (Å²) in [5.74, 6) is 0. The predicted molar refractivity (Wildman–Crippen MR) is 133 cm³/mol. The Labute approximate surface area is 201 Å². The second-order valence-corrected chi connectivity index (χ2v) is 8.89. The first-order valence-electron chi connectivity index (χ1n) is 11.2. The van der Waals surface area contributed by atoms with E-state index in [1.54, 1.807) is 20.8 Å². The van der Waals surface area contributed by atoms with Gasteiger partial charge >= 0.3 is 6.09 Å². The van der Waals surface area contributed by atoms with Gasteiger partial charge in [-0.05, 0) is 37.5 Å². The zero-order valence-electron chi connectivity index (χ0n) is 19.9. The van der Waals surface area contributed by atoms with E-state index in [2.05, 4.69) is 6.58 Å². The minimum Gasteiger partial charge on any atom is -0.443 e. The SMILES string of the molecule is C=CC(COC(c1ccccc1)(c1ccccc1)c1ccccc1)N(C=O)C(=O)OC(C)(C)C. The first-order chi connectivity index (χ1) is 16.3. The molecule has 0 fully saturated rings. The van der Waals surface area contributed by atoms with Crippen molar-refractivity contribution < 1.29 is 19.1 Å². The van der Waals surface area contributed by atoms with Crippen molar-refractivity contribution in [2.24, 2.45) is 0 Å². The van der Waals surface area contributed by atoms with Crippen LogP contribution >= 0.6 is 0 Å². The number of carbonyl (C=O) groups is 2. The van der Waals surface area contributed by atoms with E-state index in [1.807, 2.05) is 91.0 Å². The van der Waals surface area contributed by atoms with Gasteiger partial charge in [-0.15, -0.1) is 6.58 Å². The highest BCUT2D eigenvalue weighted by Crippen LogP contribution is 2.40. The largest absolute Gasteiger partial charge is 0.443 e. The van der Waals surface area contributed by atoms with Crippen LogP contribution in [0.5, 0.6) is 0 Å². The molecule has 5 nitrogen and oxygen atoms in total. The summed E-state index contributed by atoms with van der Waals surface area (Å²) in [6.07, 6.45) is 1.23. The van der Waals surface area contributed by atoms with E-state index in [1.165, 1.54) is 6.08 Å². The van der Waals surface area contributed by atoms with Crippen LogP contribution in [0.25, 0.3) is 0 Å². The highest BCUT2D eigenvalue weighted by molar-refractivity contribution is 5.81. The van der Waals surface area contributed by atoms with Crippen LogP contribution in [-0.2, 0) is 19.9 Å². The average Bonchev–Trinajstić information content (AvgIpc) is 2.84. The van der Waals surface area contributed by atoms with Crippen LogP contribution in [0.3, 0.4) is 0 Å². The highest BCUT2D eigenvalue weighted by Gasteiger charge is 2.39. The van der Waals surface area contributed by atoms with Crippen LogP contribution < -0.4 is 0 Å². The standard InChI is InChI=1S/C29H31NO4/c1-5-26(30(22-31)27(32)34-28(2,3)4)21-33-29(23-15-9-6-10-16-23,24-17-11-7-12-18-24)25-19-13-8-14-20-25/h5-20,22,26H,1,21H2,2-4H3. The predicted octanol–water partition coefficient (Wildman–Crippen LogP) is 5.94. The molecule has 5 heteroatoms. The molecule has 3 aromatic rings. The molecule has 1 unspecified atom stereocenters. The van der Waals surface area contributed by atoms with Gasteiger partial charge in [0.1, 0.15) is 11.2 Å². The molecule has 34 heavy (non-hydrogen) atoms. The molecule has 0 N–H and O–H groups in total. The summed E-state index contributed by atoms with van der Waals surface area (Å²) in [5, 5.41) is 0. The number of carbonyl (C=O) groups excluding carboxylic acids is 2. The number of rotatable bonds is 9. The lowest BCUT2D eigenvalue weighted by Gasteiger charge is -2.37. The summed E-state index contributed by atoms with van der Waals surface area (Å²) >= 11 is 0. The second-order valence-electron chi connectivity index (χ2n) is 8.89. The molecule has 0 aliphatic rings. The van der Waals surface area contributed by atoms with E-state index in [4.69, 9.17) is 9.47 Å². The van der Waals surface area contributed by atoms with Crippen molar-refractivity contribution in [2.45, 2.75) is 38.0 Å². The van der Waals surface area contributed by atoms with Crippen molar-refractivity contribution in [1.29, 1.82) is 0 Å². The fourth-order valence-electron chi connectivity index (χ4n) is 3.81. The molecule has 176 valence electrons. The van der Waals surface area contributed by atoms with Gasteiger partial charge in [0.15, 0.2) is 0 Å². The van der Waals surface area contributed by atoms with E-state index in [0.29, 0.717) is 6.41 Å². The molecule has 0 saturated carbocycles. The maximum Gasteiger partial charge on any atom is 0.417 e. The summed E-state index contributed by atoms with van der Waals surface area (Å²) in [7, 11) is 0. The van der Waals surface area contributed by atoms with Crippen molar-refractivity contribution in [3.63, 3.8) is 0 Å². The number of imide groups is 1. The normalized spacial score (nSPS) is 12.4. The Morgan fingerprint density at radius 3 is 1.59 bits per heavy atom. The Morgan fingerprint density at radius 2 is 1.26 bits per heavy atom. The Hall–Kier alpha value is -3.70. The van der Waals surface area contributed by atoms with Crippen LogP contribution in [-0.4, -0.2) is 35.7 Å². The molecule has 2 amide bonds. The monoisotopic (exact) mass is 457 g/mol. The molecule has 1 atom stereocenters. The second kappa shape index (κ2) is 10.9. The minimum atomic E-state index is -0.979. The average molecular weight is 458 g/mol. The Morgan fingerprint density at radius 1 is 0.853 bits per heavy atom. The summed E-state index contributed by atoms with van der Waals surface area (Å²) in [4.78, 5) is 25.6. The van der Waals surface area contributed by atoms with Crippen LogP contribution in [0.4, 0.5) is 4.79 Å². The molecule has 0 saturated heterocycles. The molecule has 3 aromatic carbocycles. The molecule has 0 bridgehead atoms. The van der Waals surface area contributed by atoms with Gasteiger partial charge in [-0.3, -0.25) is 4.79 Å². The third-order valence-electron chi connectivity index (χ3n) is 5.36. The number of amides is 2. The molecular weight excluding hydrogens is 426 g/mol. The van der Waals surface area contributed by atoms with Crippen molar-refractivity contribution >= 4 is 12.5 Å². The van der Waals surface area contributed by atoms with Crippen molar-refractivity contribution in [2.75, 3.05) is 6.61 Å². The fourth-order valence-corrected chi connectivity index (χ4v) is 3.81. The van der Waals surface area contributed by atoms with Gasteiger partial charge in [-0.2, -0.15) is 0 Å². The zero-order chi connectivity index (χ0) is 24.6. The Kier molecular flexibility index (Phi) is 8.03. The van der Waals surface area contributed by atoms with Gasteiger partial charge in [0.25, 0.3) is 0 Å². The van der Waals surface area contributed by atoms with E-state index in [9.17, 15) is 9.59 Å². The Bertz CT molecular complexity index is 979. The first-order valence-corrected chi connectivity index (χ1v) is 11.2. The number of benzene rings is 3. The lowest BCUT2D eigenvalue weighted by Crippen LogP contribution is -2.45. The lowest BCUT2D eigenvalue weighted by atomic mass is 9.80. The Balaban J connectivity index is 2.06. The zero-order valence-corrected chi connectivity index (χ0v) is 19.9. The van der Waals surface area contributed by atoms with Gasteiger partial charge in [0.05, 0.1) is 12.6 Å². The number of hydrogen-bond donors (Lipinski definition) is 0. The quantitative estimate of drug-likeness (QED) is 0.227. The van der Waals surface area contributed by atoms with E-state index < -0.39 is 23.3 Å². The third kappa shape index (κ3) is 5.61. The molecule has 0 aliphatic heterocycles. The molecular formula is C29H31NO4. The molecule has 0 radical (unpaired) electrons. The molecule has 0 aliphatic carbocycles. The van der Waals surface area contributed by atoms with Crippen molar-refractivity contribution in [1.82, 2.24) is 4.90 Å². The van der Waals surface area contributed by atoms with Gasteiger partial charge in [0, 0.05) is 0 Å². The van der Waals surface area contributed by atoms with Crippen LogP contribution in [0.2, 0.25) is 0 Å². The number of ether oxygens (including phenoxy) is 2. The number of hydrogen-bond acceptors (Lipinski definition) is 4. The molecule has 0 aromatic heterocycles. The summed E-state index contributed by atoms with van der Waals surface area (Å²) in [6, 6.07) is 28.9. The molecule has 3 rings (SSSR count). The van der Waals surface area contributed by atoms with Crippen molar-refractivity contribution in [3.05, 3.63) is 120 Å². The van der Waals surface area contributed by atoms with E-state index >= 15 is 0 Å². The fraction of sp³-hybridized carbons (Fsp3) is 0.241. The smallest absolute Gasteiger partial charge is 0.417 e. The van der Waals surface area contributed by atoms with Gasteiger partial charge in [-0.25, -0.2) is 9.69 Å². The summed E-state index contributed by atoms with van der Waals surface area (Å²) in [6.45, 7) is 9.10. The highest BCUT2D eigenvalue weighted by atomic mass is 16.6. The van der Waals surface area contributed by atoms with E-state index in [-0.39, 0.29) is 6.61 Å². The van der Waals surface area contributed by atoms with Crippen molar-refractivity contribution in [3.8, 4) is 0 Å². The first kappa shape index (κ1) is 24.9. The lowest BCUT2D eigenvalue weighted by molar-refractivity contribution is -0.120. The maximum absolute atomic E-state index is 12.7. The summed E-state index contributed by atoms with van der Waals surface area (Å²) in [5.41, 5.74) is 1.04. The molecule has 0 spiro atoms. The van der Waals surface area contributed by atoms with Crippen LogP contribution in [0.1, 0.15) is 37.5 Å². The van der Waals surface area contributed by atoms with E-state index in [0.717, 1.165) is 21.6 Å². The van der Waals surface area contributed by atoms with Gasteiger partial charge in [-0.1, -0.05) is 97.1 Å². The topological polar surface area (TPSA) is 55.8 Å². The van der Waals surface area contributed by atoms with Gasteiger partial charge in [0.2, 0.25) is 6.41 Å². The van der Waals surface area contributed by atoms with Crippen LogP contribution in [0.15, 0.2) is 104 Å². The third-order valence-corrected chi connectivity index (χ3v) is 5.36.